The minimum absolute atomic E-state index is 0.0747. The van der Waals surface area contributed by atoms with E-state index in [1.54, 1.807) is 42.5 Å². The molecule has 0 unspecified atom stereocenters. The van der Waals surface area contributed by atoms with Gasteiger partial charge in [-0.1, -0.05) is 30.3 Å². The minimum atomic E-state index is -3.74. The van der Waals surface area contributed by atoms with Crippen molar-refractivity contribution in [3.63, 3.8) is 0 Å². The van der Waals surface area contributed by atoms with Crippen molar-refractivity contribution in [1.29, 1.82) is 0 Å². The number of fused-ring (bicyclic) bond motifs is 1. The Kier molecular flexibility index (Phi) is 6.15. The molecule has 34 heavy (non-hydrogen) atoms. The van der Waals surface area contributed by atoms with Crippen molar-refractivity contribution in [1.82, 2.24) is 4.90 Å². The molecular weight excluding hydrogens is 452 g/mol. The summed E-state index contributed by atoms with van der Waals surface area (Å²) in [5, 5.41) is 0. The van der Waals surface area contributed by atoms with E-state index in [9.17, 15) is 13.2 Å². The maximum atomic E-state index is 13.5. The highest BCUT2D eigenvalue weighted by Gasteiger charge is 2.31. The number of carbonyl (C=O) groups is 1. The van der Waals surface area contributed by atoms with Crippen LogP contribution >= 0.6 is 0 Å². The van der Waals surface area contributed by atoms with Gasteiger partial charge in [0.1, 0.15) is 0 Å². The van der Waals surface area contributed by atoms with Gasteiger partial charge in [-0.05, 0) is 60.9 Å². The number of sulfonamides is 1. The number of amides is 1. The fraction of sp³-hybridized carbons (Fsp3) is 0.269. The van der Waals surface area contributed by atoms with Gasteiger partial charge in [0.25, 0.3) is 15.9 Å². The summed E-state index contributed by atoms with van der Waals surface area (Å²) in [6.07, 6.45) is 2.58. The topological polar surface area (TPSA) is 84.9 Å². The summed E-state index contributed by atoms with van der Waals surface area (Å²) in [5.41, 5.74) is 1.80. The van der Waals surface area contributed by atoms with E-state index in [2.05, 4.69) is 4.72 Å². The summed E-state index contributed by atoms with van der Waals surface area (Å²) in [5.74, 6) is 1.32. The van der Waals surface area contributed by atoms with E-state index in [-0.39, 0.29) is 16.8 Å². The Labute approximate surface area is 199 Å². The molecule has 0 aromatic heterocycles. The first-order valence-corrected chi connectivity index (χ1v) is 12.9. The molecule has 3 aromatic rings. The predicted molar refractivity (Wildman–Crippen MR) is 129 cm³/mol. The van der Waals surface area contributed by atoms with Crippen molar-refractivity contribution < 1.29 is 22.7 Å². The zero-order valence-corrected chi connectivity index (χ0v) is 19.5. The number of anilines is 1. The van der Waals surface area contributed by atoms with Crippen LogP contribution in [0, 0.1) is 0 Å². The van der Waals surface area contributed by atoms with Gasteiger partial charge in [-0.15, -0.1) is 0 Å². The van der Waals surface area contributed by atoms with E-state index < -0.39 is 10.0 Å². The smallest absolute Gasteiger partial charge is 0.261 e. The number of likely N-dealkylation sites (tertiary alicyclic amines) is 1. The summed E-state index contributed by atoms with van der Waals surface area (Å²) in [6, 6.07) is 20.6. The Morgan fingerprint density at radius 3 is 2.50 bits per heavy atom. The maximum absolute atomic E-state index is 13.5. The van der Waals surface area contributed by atoms with E-state index in [4.69, 9.17) is 9.47 Å². The first-order chi connectivity index (χ1) is 16.5. The molecule has 0 bridgehead atoms. The highest BCUT2D eigenvalue weighted by molar-refractivity contribution is 7.92. The number of hydrogen-bond donors (Lipinski definition) is 1. The molecular formula is C26H26N2O5S. The highest BCUT2D eigenvalue weighted by atomic mass is 32.2. The van der Waals surface area contributed by atoms with Crippen molar-refractivity contribution in [2.24, 2.45) is 0 Å². The zero-order chi connectivity index (χ0) is 23.5. The van der Waals surface area contributed by atoms with Gasteiger partial charge in [0, 0.05) is 24.2 Å². The molecule has 0 aliphatic carbocycles. The summed E-state index contributed by atoms with van der Waals surface area (Å²) < 4.78 is 39.5. The summed E-state index contributed by atoms with van der Waals surface area (Å²) in [4.78, 5) is 15.5. The Balaban J connectivity index is 1.37. The molecule has 2 aliphatic rings. The Hall–Kier alpha value is -3.52. The van der Waals surface area contributed by atoms with E-state index >= 15 is 0 Å². The molecule has 2 heterocycles. The Bertz CT molecular complexity index is 1290. The van der Waals surface area contributed by atoms with Crippen molar-refractivity contribution >= 4 is 21.6 Å². The van der Waals surface area contributed by atoms with Crippen molar-refractivity contribution in [2.75, 3.05) is 24.5 Å². The summed E-state index contributed by atoms with van der Waals surface area (Å²) in [7, 11) is -3.74. The largest absolute Gasteiger partial charge is 0.490 e. The van der Waals surface area contributed by atoms with Crippen LogP contribution in [0.1, 0.15) is 41.2 Å². The Morgan fingerprint density at radius 1 is 0.882 bits per heavy atom. The Morgan fingerprint density at radius 2 is 1.68 bits per heavy atom. The molecule has 5 rings (SSSR count). The third-order valence-corrected chi connectivity index (χ3v) is 7.48. The van der Waals surface area contributed by atoms with E-state index in [0.29, 0.717) is 36.8 Å². The molecule has 2 aliphatic heterocycles. The van der Waals surface area contributed by atoms with Gasteiger partial charge in [0.05, 0.1) is 24.2 Å². The fourth-order valence-electron chi connectivity index (χ4n) is 4.44. The summed E-state index contributed by atoms with van der Waals surface area (Å²) >= 11 is 0. The van der Waals surface area contributed by atoms with Crippen LogP contribution in [-0.4, -0.2) is 39.0 Å². The van der Waals surface area contributed by atoms with Crippen LogP contribution in [0.5, 0.6) is 11.5 Å². The summed E-state index contributed by atoms with van der Waals surface area (Å²) in [6.45, 7) is 1.87. The van der Waals surface area contributed by atoms with Gasteiger partial charge in [-0.3, -0.25) is 9.52 Å². The number of hydrogen-bond acceptors (Lipinski definition) is 5. The first kappa shape index (κ1) is 22.3. The second-order valence-electron chi connectivity index (χ2n) is 8.41. The lowest BCUT2D eigenvalue weighted by Crippen LogP contribution is -2.30. The monoisotopic (exact) mass is 478 g/mol. The average molecular weight is 479 g/mol. The zero-order valence-electron chi connectivity index (χ0n) is 18.6. The molecule has 1 atom stereocenters. The first-order valence-electron chi connectivity index (χ1n) is 11.4. The van der Waals surface area contributed by atoms with Crippen LogP contribution in [0.3, 0.4) is 0 Å². The second kappa shape index (κ2) is 9.38. The lowest BCUT2D eigenvalue weighted by Gasteiger charge is -2.26. The normalized spacial score (nSPS) is 17.8. The molecule has 1 saturated heterocycles. The lowest BCUT2D eigenvalue weighted by molar-refractivity contribution is 0.0735. The SMILES string of the molecule is O=C(c1cccc(NS(=O)(=O)c2ccccc2)c1)N1CCC[C@H]1c1ccc2c(c1)OCCCO2. The van der Waals surface area contributed by atoms with Crippen LogP contribution in [0.15, 0.2) is 77.7 Å². The van der Waals surface area contributed by atoms with E-state index in [1.807, 2.05) is 23.1 Å². The number of nitrogens with one attached hydrogen (secondary N) is 1. The molecule has 7 nitrogen and oxygen atoms in total. The highest BCUT2D eigenvalue weighted by Crippen LogP contribution is 2.38. The van der Waals surface area contributed by atoms with Crippen LogP contribution in [0.25, 0.3) is 0 Å². The predicted octanol–water partition coefficient (Wildman–Crippen LogP) is 4.63. The molecule has 1 N–H and O–H groups in total. The van der Waals surface area contributed by atoms with Crippen LogP contribution < -0.4 is 14.2 Å². The van der Waals surface area contributed by atoms with Gasteiger partial charge in [0.15, 0.2) is 11.5 Å². The molecule has 0 radical (unpaired) electrons. The van der Waals surface area contributed by atoms with Crippen molar-refractivity contribution in [2.45, 2.75) is 30.2 Å². The van der Waals surface area contributed by atoms with E-state index in [0.717, 1.165) is 30.6 Å². The number of benzene rings is 3. The third-order valence-electron chi connectivity index (χ3n) is 6.09. The van der Waals surface area contributed by atoms with Crippen molar-refractivity contribution in [3.8, 4) is 11.5 Å². The van der Waals surface area contributed by atoms with Gasteiger partial charge in [-0.25, -0.2) is 8.42 Å². The van der Waals surface area contributed by atoms with Gasteiger partial charge >= 0.3 is 0 Å². The molecule has 176 valence electrons. The van der Waals surface area contributed by atoms with Crippen molar-refractivity contribution in [3.05, 3.63) is 83.9 Å². The van der Waals surface area contributed by atoms with Gasteiger partial charge in [-0.2, -0.15) is 0 Å². The van der Waals surface area contributed by atoms with Gasteiger partial charge in [0.2, 0.25) is 0 Å². The second-order valence-corrected chi connectivity index (χ2v) is 10.1. The third kappa shape index (κ3) is 4.59. The molecule has 1 fully saturated rings. The quantitative estimate of drug-likeness (QED) is 0.578. The molecule has 0 saturated carbocycles. The average Bonchev–Trinajstić information content (AvgIpc) is 3.22. The minimum Gasteiger partial charge on any atom is -0.490 e. The molecule has 8 heteroatoms. The lowest BCUT2D eigenvalue weighted by atomic mass is 10.0. The van der Waals surface area contributed by atoms with Crippen LogP contribution in [-0.2, 0) is 10.0 Å². The van der Waals surface area contributed by atoms with E-state index in [1.165, 1.54) is 12.1 Å². The van der Waals surface area contributed by atoms with Crippen LogP contribution in [0.2, 0.25) is 0 Å². The molecule has 3 aromatic carbocycles. The standard InChI is InChI=1S/C26H26N2O5S/c29-26(20-7-4-8-21(17-20)27-34(30,31)22-9-2-1-3-10-22)28-14-5-11-23(28)19-12-13-24-25(18-19)33-16-6-15-32-24/h1-4,7-10,12-13,17-18,23,27H,5-6,11,14-16H2/t23-/m0/s1. The molecule has 0 spiro atoms. The fourth-order valence-corrected chi connectivity index (χ4v) is 5.51. The maximum Gasteiger partial charge on any atom is 0.261 e. The molecule has 1 amide bonds. The number of carbonyl (C=O) groups excluding carboxylic acids is 1. The number of nitrogens with zero attached hydrogens (tertiary/aromatic N) is 1. The van der Waals surface area contributed by atoms with Gasteiger partial charge < -0.3 is 14.4 Å². The van der Waals surface area contributed by atoms with Crippen LogP contribution in [0.4, 0.5) is 5.69 Å². The number of rotatable bonds is 5. The number of ether oxygens (including phenoxy) is 2.